The molecule has 2 aliphatic heterocycles. The van der Waals surface area contributed by atoms with Crippen LogP contribution in [-0.2, 0) is 4.74 Å². The minimum absolute atomic E-state index is 0.345. The molecule has 18 heavy (non-hydrogen) atoms. The fraction of sp³-hybridized carbons (Fsp3) is 1.00. The van der Waals surface area contributed by atoms with Gasteiger partial charge in [-0.25, -0.2) is 0 Å². The summed E-state index contributed by atoms with van der Waals surface area (Å²) in [6.07, 6.45) is 7.55. The van der Waals surface area contributed by atoms with Gasteiger partial charge in [-0.3, -0.25) is 4.90 Å². The van der Waals surface area contributed by atoms with E-state index in [0.29, 0.717) is 17.9 Å². The van der Waals surface area contributed by atoms with Gasteiger partial charge in [-0.1, -0.05) is 26.7 Å². The van der Waals surface area contributed by atoms with Gasteiger partial charge in [-0.2, -0.15) is 0 Å². The minimum Gasteiger partial charge on any atom is -0.360 e. The van der Waals surface area contributed by atoms with Crippen molar-refractivity contribution in [3.8, 4) is 0 Å². The molecule has 3 rings (SSSR count). The Bertz CT molecular complexity index is 310. The summed E-state index contributed by atoms with van der Waals surface area (Å²) in [6, 6.07) is 0. The van der Waals surface area contributed by atoms with Crippen LogP contribution in [0.2, 0.25) is 0 Å². The molecule has 104 valence electrons. The van der Waals surface area contributed by atoms with E-state index in [1.165, 1.54) is 38.6 Å². The van der Waals surface area contributed by atoms with Crippen LogP contribution in [0, 0.1) is 17.8 Å². The van der Waals surface area contributed by atoms with E-state index < -0.39 is 0 Å². The molecular formula is C16H29NO. The van der Waals surface area contributed by atoms with Crippen LogP contribution in [0.25, 0.3) is 0 Å². The van der Waals surface area contributed by atoms with Crippen LogP contribution >= 0.6 is 0 Å². The van der Waals surface area contributed by atoms with E-state index in [9.17, 15) is 0 Å². The molecule has 0 bridgehead atoms. The Morgan fingerprint density at radius 2 is 2.00 bits per heavy atom. The van der Waals surface area contributed by atoms with Crippen LogP contribution in [0.15, 0.2) is 0 Å². The smallest absolute Gasteiger partial charge is 0.111 e. The van der Waals surface area contributed by atoms with Crippen molar-refractivity contribution in [3.63, 3.8) is 0 Å². The molecule has 2 saturated heterocycles. The second-order valence-electron chi connectivity index (χ2n) is 7.47. The molecule has 3 fully saturated rings. The number of fused-ring (bicyclic) bond motifs is 2. The van der Waals surface area contributed by atoms with Crippen molar-refractivity contribution in [3.05, 3.63) is 0 Å². The average Bonchev–Trinajstić information content (AvgIpc) is 2.72. The Morgan fingerprint density at radius 1 is 1.22 bits per heavy atom. The van der Waals surface area contributed by atoms with Crippen molar-refractivity contribution in [1.82, 2.24) is 4.90 Å². The quantitative estimate of drug-likeness (QED) is 0.705. The van der Waals surface area contributed by atoms with Gasteiger partial charge in [-0.15, -0.1) is 0 Å². The first kappa shape index (κ1) is 12.9. The molecule has 0 aromatic rings. The first-order chi connectivity index (χ1) is 8.52. The van der Waals surface area contributed by atoms with Crippen molar-refractivity contribution >= 4 is 0 Å². The molecule has 0 N–H and O–H groups in total. The molecular weight excluding hydrogens is 222 g/mol. The lowest BCUT2D eigenvalue weighted by Crippen LogP contribution is -2.62. The molecule has 5 atom stereocenters. The van der Waals surface area contributed by atoms with Crippen LogP contribution in [0.3, 0.4) is 0 Å². The average molecular weight is 251 g/mol. The first-order valence-corrected chi connectivity index (χ1v) is 7.94. The van der Waals surface area contributed by atoms with Crippen LogP contribution in [0.4, 0.5) is 0 Å². The predicted molar refractivity (Wildman–Crippen MR) is 74.3 cm³/mol. The molecule has 0 unspecified atom stereocenters. The van der Waals surface area contributed by atoms with Crippen LogP contribution in [0.1, 0.15) is 59.8 Å². The van der Waals surface area contributed by atoms with Crippen LogP contribution < -0.4 is 0 Å². The third-order valence-electron chi connectivity index (χ3n) is 5.95. The van der Waals surface area contributed by atoms with E-state index in [1.807, 2.05) is 0 Å². The zero-order valence-electron chi connectivity index (χ0n) is 12.5. The maximum Gasteiger partial charge on any atom is 0.111 e. The van der Waals surface area contributed by atoms with Crippen LogP contribution in [-0.4, -0.2) is 29.3 Å². The van der Waals surface area contributed by atoms with Crippen molar-refractivity contribution in [2.75, 3.05) is 6.54 Å². The van der Waals surface area contributed by atoms with Crippen molar-refractivity contribution in [2.24, 2.45) is 17.8 Å². The van der Waals surface area contributed by atoms with E-state index in [-0.39, 0.29) is 0 Å². The van der Waals surface area contributed by atoms with Crippen molar-refractivity contribution in [2.45, 2.75) is 77.7 Å². The predicted octanol–water partition coefficient (Wildman–Crippen LogP) is 3.66. The van der Waals surface area contributed by atoms with E-state index in [1.54, 1.807) is 0 Å². The Kier molecular flexibility index (Phi) is 3.22. The molecule has 1 aliphatic carbocycles. The minimum atomic E-state index is 0.345. The molecule has 2 heteroatoms. The van der Waals surface area contributed by atoms with Gasteiger partial charge in [0.1, 0.15) is 6.23 Å². The summed E-state index contributed by atoms with van der Waals surface area (Å²) >= 11 is 0. The van der Waals surface area contributed by atoms with Crippen molar-refractivity contribution in [1.29, 1.82) is 0 Å². The molecule has 3 aliphatic rings. The first-order valence-electron chi connectivity index (χ1n) is 7.94. The van der Waals surface area contributed by atoms with Gasteiger partial charge in [0.15, 0.2) is 0 Å². The summed E-state index contributed by atoms with van der Waals surface area (Å²) in [5.74, 6) is 2.46. The molecule has 1 saturated carbocycles. The second kappa shape index (κ2) is 4.49. The van der Waals surface area contributed by atoms with Crippen molar-refractivity contribution < 1.29 is 4.74 Å². The van der Waals surface area contributed by atoms with Gasteiger partial charge in [0, 0.05) is 18.0 Å². The highest BCUT2D eigenvalue weighted by Crippen LogP contribution is 2.48. The summed E-state index contributed by atoms with van der Waals surface area (Å²) in [6.45, 7) is 10.9. The van der Waals surface area contributed by atoms with E-state index in [0.717, 1.165) is 17.8 Å². The molecule has 0 radical (unpaired) electrons. The van der Waals surface area contributed by atoms with Gasteiger partial charge in [0.2, 0.25) is 0 Å². The zero-order valence-corrected chi connectivity index (χ0v) is 12.5. The Hall–Kier alpha value is -0.0800. The van der Waals surface area contributed by atoms with E-state index in [2.05, 4.69) is 32.6 Å². The highest BCUT2D eigenvalue weighted by Gasteiger charge is 2.53. The largest absolute Gasteiger partial charge is 0.360 e. The van der Waals surface area contributed by atoms with Gasteiger partial charge in [0.25, 0.3) is 0 Å². The molecule has 0 amide bonds. The monoisotopic (exact) mass is 251 g/mol. The lowest BCUT2D eigenvalue weighted by Gasteiger charge is -2.55. The molecule has 2 heterocycles. The van der Waals surface area contributed by atoms with Gasteiger partial charge >= 0.3 is 0 Å². The fourth-order valence-electron chi connectivity index (χ4n) is 4.62. The molecule has 0 spiro atoms. The summed E-state index contributed by atoms with van der Waals surface area (Å²) in [5, 5.41) is 0. The Morgan fingerprint density at radius 3 is 2.72 bits per heavy atom. The van der Waals surface area contributed by atoms with Gasteiger partial charge in [-0.05, 0) is 44.9 Å². The normalized spacial score (nSPS) is 47.7. The second-order valence-corrected chi connectivity index (χ2v) is 7.47. The highest BCUT2D eigenvalue weighted by molar-refractivity contribution is 5.03. The zero-order chi connectivity index (χ0) is 12.9. The number of nitrogens with zero attached hydrogens (tertiary/aromatic N) is 1. The molecule has 2 nitrogen and oxygen atoms in total. The maximum absolute atomic E-state index is 6.48. The molecule has 0 aromatic heterocycles. The summed E-state index contributed by atoms with van der Waals surface area (Å²) < 4.78 is 6.48. The number of hydrogen-bond acceptors (Lipinski definition) is 2. The summed E-state index contributed by atoms with van der Waals surface area (Å²) in [5.41, 5.74) is 0.345. The number of ether oxygens (including phenoxy) is 1. The third kappa shape index (κ3) is 1.92. The van der Waals surface area contributed by atoms with E-state index in [4.69, 9.17) is 4.74 Å². The van der Waals surface area contributed by atoms with Gasteiger partial charge < -0.3 is 4.74 Å². The third-order valence-corrected chi connectivity index (χ3v) is 5.95. The standard InChI is InChI=1S/C16H29NO/c1-5-12-9-15-17(10-12)16(3,4)13-7-6-11(2)8-14(13)18-15/h11-15H,5-10H2,1-4H3/t11-,12+,13-,14-,15+/m1/s1. The van der Waals surface area contributed by atoms with Crippen LogP contribution in [0.5, 0.6) is 0 Å². The maximum atomic E-state index is 6.48. The summed E-state index contributed by atoms with van der Waals surface area (Å²) in [7, 11) is 0. The highest BCUT2D eigenvalue weighted by atomic mass is 16.5. The molecule has 0 aromatic carbocycles. The van der Waals surface area contributed by atoms with Gasteiger partial charge in [0.05, 0.1) is 6.10 Å². The topological polar surface area (TPSA) is 12.5 Å². The number of rotatable bonds is 1. The van der Waals surface area contributed by atoms with E-state index >= 15 is 0 Å². The number of hydrogen-bond donors (Lipinski definition) is 0. The fourth-order valence-corrected chi connectivity index (χ4v) is 4.62. The lowest BCUT2D eigenvalue weighted by atomic mass is 9.70. The lowest BCUT2D eigenvalue weighted by molar-refractivity contribution is -0.217. The Labute approximate surface area is 112 Å². The SMILES string of the molecule is CC[C@H]1C[C@@H]2O[C@@H]3C[C@H](C)CC[C@H]3C(C)(C)N2C1. The summed E-state index contributed by atoms with van der Waals surface area (Å²) in [4.78, 5) is 2.68. The Balaban J connectivity index is 1.82.